The van der Waals surface area contributed by atoms with Crippen LogP contribution in [0.25, 0.3) is 0 Å². The van der Waals surface area contributed by atoms with Gasteiger partial charge in [-0.05, 0) is 25.1 Å². The predicted octanol–water partition coefficient (Wildman–Crippen LogP) is 1.95. The molecule has 6 heteroatoms. The summed E-state index contributed by atoms with van der Waals surface area (Å²) >= 11 is 5.97. The largest absolute Gasteiger partial charge is 0.488 e. The van der Waals surface area contributed by atoms with Gasteiger partial charge >= 0.3 is 0 Å². The molecule has 19 heavy (non-hydrogen) atoms. The molecule has 0 bridgehead atoms. The molecule has 0 aliphatic heterocycles. The minimum atomic E-state index is -0.644. The molecule has 2 aromatic rings. The highest BCUT2D eigenvalue weighted by Crippen LogP contribution is 2.28. The maximum absolute atomic E-state index is 11.4. The van der Waals surface area contributed by atoms with E-state index >= 15 is 0 Å². The molecular formula is C13H9ClN2O3. The summed E-state index contributed by atoms with van der Waals surface area (Å²) < 4.78 is 5.08. The number of nitrogens with one attached hydrogen (secondary N) is 1. The van der Waals surface area contributed by atoms with Crippen molar-refractivity contribution in [3.8, 4) is 11.8 Å². The molecule has 0 radical (unpaired) electrons. The molecule has 1 N–H and O–H groups in total. The van der Waals surface area contributed by atoms with Crippen molar-refractivity contribution in [1.82, 2.24) is 0 Å². The summed E-state index contributed by atoms with van der Waals surface area (Å²) in [5.41, 5.74) is -0.337. The van der Waals surface area contributed by atoms with Crippen molar-refractivity contribution in [2.24, 2.45) is 0 Å². The van der Waals surface area contributed by atoms with E-state index in [1.807, 2.05) is 6.07 Å². The van der Waals surface area contributed by atoms with Crippen molar-refractivity contribution < 1.29 is 4.74 Å². The van der Waals surface area contributed by atoms with Crippen LogP contribution in [-0.2, 0) is 0 Å². The Balaban J connectivity index is 2.33. The Morgan fingerprint density at radius 2 is 2.11 bits per heavy atom. The molecule has 0 heterocycles. The van der Waals surface area contributed by atoms with Gasteiger partial charge in [0.1, 0.15) is 5.69 Å². The molecule has 0 atom stereocenters. The number of ether oxygens (including phenoxy) is 1. The van der Waals surface area contributed by atoms with Crippen molar-refractivity contribution >= 4 is 23.0 Å². The standard InChI is InChI=1S/C13H9ClN2O3/c1-2-19-13-10(11(17)12(13)18)16-9-4-3-7(6-15)5-8(9)14/h3-5,16H,2H2,1H3. The summed E-state index contributed by atoms with van der Waals surface area (Å²) in [6.07, 6.45) is 0. The first-order chi connectivity index (χ1) is 9.08. The molecule has 0 spiro atoms. The molecule has 0 saturated heterocycles. The molecule has 2 rings (SSSR count). The summed E-state index contributed by atoms with van der Waals surface area (Å²) in [7, 11) is 0. The maximum atomic E-state index is 11.4. The zero-order chi connectivity index (χ0) is 14.0. The minimum Gasteiger partial charge on any atom is -0.488 e. The Morgan fingerprint density at radius 3 is 2.68 bits per heavy atom. The zero-order valence-electron chi connectivity index (χ0n) is 9.99. The summed E-state index contributed by atoms with van der Waals surface area (Å²) in [6.45, 7) is 2.01. The molecule has 0 unspecified atom stereocenters. The lowest BCUT2D eigenvalue weighted by atomic mass is 10.2. The highest BCUT2D eigenvalue weighted by atomic mass is 35.5. The van der Waals surface area contributed by atoms with E-state index in [-0.39, 0.29) is 16.5 Å². The molecule has 2 aromatic carbocycles. The summed E-state index contributed by atoms with van der Waals surface area (Å²) in [5, 5.41) is 11.8. The van der Waals surface area contributed by atoms with Gasteiger partial charge < -0.3 is 10.1 Å². The average molecular weight is 277 g/mol. The van der Waals surface area contributed by atoms with E-state index in [1.165, 1.54) is 6.07 Å². The average Bonchev–Trinajstić information content (AvgIpc) is 2.43. The van der Waals surface area contributed by atoms with Gasteiger partial charge in [0.15, 0.2) is 5.75 Å². The van der Waals surface area contributed by atoms with Crippen molar-refractivity contribution in [3.63, 3.8) is 0 Å². The molecule has 0 saturated carbocycles. The highest BCUT2D eigenvalue weighted by Gasteiger charge is 2.22. The first-order valence-corrected chi connectivity index (χ1v) is 5.89. The second-order valence-electron chi connectivity index (χ2n) is 3.73. The number of hydrogen-bond donors (Lipinski definition) is 1. The molecule has 96 valence electrons. The lowest BCUT2D eigenvalue weighted by Crippen LogP contribution is -2.35. The van der Waals surface area contributed by atoms with Gasteiger partial charge in [-0.3, -0.25) is 9.59 Å². The maximum Gasteiger partial charge on any atom is 0.272 e. The van der Waals surface area contributed by atoms with E-state index < -0.39 is 10.9 Å². The highest BCUT2D eigenvalue weighted by molar-refractivity contribution is 6.33. The van der Waals surface area contributed by atoms with Crippen LogP contribution in [0.5, 0.6) is 5.75 Å². The third-order valence-corrected chi connectivity index (χ3v) is 2.83. The van der Waals surface area contributed by atoms with Gasteiger partial charge in [0.25, 0.3) is 10.9 Å². The molecule has 5 nitrogen and oxygen atoms in total. The number of anilines is 2. The van der Waals surface area contributed by atoms with Gasteiger partial charge in [0, 0.05) is 0 Å². The Bertz CT molecular complexity index is 739. The van der Waals surface area contributed by atoms with Crippen molar-refractivity contribution in [2.45, 2.75) is 6.92 Å². The van der Waals surface area contributed by atoms with Crippen LogP contribution in [0.1, 0.15) is 12.5 Å². The van der Waals surface area contributed by atoms with Gasteiger partial charge in [-0.15, -0.1) is 0 Å². The molecule has 0 amide bonds. The van der Waals surface area contributed by atoms with E-state index in [9.17, 15) is 9.59 Å². The smallest absolute Gasteiger partial charge is 0.272 e. The zero-order valence-corrected chi connectivity index (χ0v) is 10.7. The second-order valence-corrected chi connectivity index (χ2v) is 4.13. The molecule has 0 aliphatic carbocycles. The number of nitrogens with zero attached hydrogens (tertiary/aromatic N) is 1. The van der Waals surface area contributed by atoms with Gasteiger partial charge in [-0.25, -0.2) is 0 Å². The second kappa shape index (κ2) is 5.12. The number of benzene rings is 1. The Morgan fingerprint density at radius 1 is 1.37 bits per heavy atom. The fourth-order valence-corrected chi connectivity index (χ4v) is 1.81. The normalized spacial score (nSPS) is 10.2. The van der Waals surface area contributed by atoms with Gasteiger partial charge in [0.05, 0.1) is 28.9 Å². The van der Waals surface area contributed by atoms with Crippen LogP contribution in [-0.4, -0.2) is 6.61 Å². The Kier molecular flexibility index (Phi) is 3.54. The van der Waals surface area contributed by atoms with Crippen molar-refractivity contribution in [1.29, 1.82) is 5.26 Å². The topological polar surface area (TPSA) is 79.2 Å². The van der Waals surface area contributed by atoms with Crippen LogP contribution < -0.4 is 20.9 Å². The quantitative estimate of drug-likeness (QED) is 0.864. The number of halogens is 1. The first-order valence-electron chi connectivity index (χ1n) is 5.51. The Labute approximate surface area is 113 Å². The van der Waals surface area contributed by atoms with Crippen LogP contribution in [0, 0.1) is 11.3 Å². The SMILES string of the molecule is CCOc1c(Nc2ccc(C#N)cc2Cl)c(=O)c1=O. The summed E-state index contributed by atoms with van der Waals surface area (Å²) in [5.74, 6) is 0.0212. The van der Waals surface area contributed by atoms with Gasteiger partial charge in [0.2, 0.25) is 0 Å². The van der Waals surface area contributed by atoms with E-state index in [2.05, 4.69) is 5.32 Å². The summed E-state index contributed by atoms with van der Waals surface area (Å²) in [4.78, 5) is 22.7. The van der Waals surface area contributed by atoms with Crippen LogP contribution in [0.2, 0.25) is 5.02 Å². The van der Waals surface area contributed by atoms with Gasteiger partial charge in [-0.2, -0.15) is 5.26 Å². The third-order valence-electron chi connectivity index (χ3n) is 2.51. The third kappa shape index (κ3) is 2.30. The lowest BCUT2D eigenvalue weighted by Gasteiger charge is -2.14. The van der Waals surface area contributed by atoms with Crippen molar-refractivity contribution in [2.75, 3.05) is 11.9 Å². The van der Waals surface area contributed by atoms with E-state index in [4.69, 9.17) is 21.6 Å². The lowest BCUT2D eigenvalue weighted by molar-refractivity contribution is 0.335. The van der Waals surface area contributed by atoms with E-state index in [0.29, 0.717) is 17.9 Å². The number of nitriles is 1. The minimum absolute atomic E-state index is 0.0212. The number of rotatable bonds is 4. The predicted molar refractivity (Wildman–Crippen MR) is 72.0 cm³/mol. The number of hydrogen-bond acceptors (Lipinski definition) is 5. The Hall–Kier alpha value is -2.32. The molecule has 0 aromatic heterocycles. The van der Waals surface area contributed by atoms with Crippen LogP contribution >= 0.6 is 11.6 Å². The van der Waals surface area contributed by atoms with Crippen molar-refractivity contribution in [3.05, 3.63) is 49.2 Å². The summed E-state index contributed by atoms with van der Waals surface area (Å²) in [6, 6.07) is 6.54. The van der Waals surface area contributed by atoms with Crippen LogP contribution in [0.15, 0.2) is 27.8 Å². The van der Waals surface area contributed by atoms with Crippen LogP contribution in [0.4, 0.5) is 11.4 Å². The fourth-order valence-electron chi connectivity index (χ4n) is 1.59. The monoisotopic (exact) mass is 276 g/mol. The molecule has 0 aliphatic rings. The molecule has 0 fully saturated rings. The van der Waals surface area contributed by atoms with Crippen LogP contribution in [0.3, 0.4) is 0 Å². The van der Waals surface area contributed by atoms with E-state index in [0.717, 1.165) is 0 Å². The fraction of sp³-hybridized carbons (Fsp3) is 0.154. The van der Waals surface area contributed by atoms with E-state index in [1.54, 1.807) is 19.1 Å². The first kappa shape index (κ1) is 13.1. The van der Waals surface area contributed by atoms with Gasteiger partial charge in [-0.1, -0.05) is 11.6 Å². The molecular weight excluding hydrogens is 268 g/mol.